The number of carboxylic acid groups (broad SMARTS) is 1. The van der Waals surface area contributed by atoms with E-state index in [0.29, 0.717) is 37.9 Å². The molecule has 0 aliphatic carbocycles. The second kappa shape index (κ2) is 11.8. The second-order valence-corrected chi connectivity index (χ2v) is 11.4. The van der Waals surface area contributed by atoms with Crippen LogP contribution in [0.2, 0.25) is 0 Å². The van der Waals surface area contributed by atoms with Crippen molar-refractivity contribution in [1.82, 2.24) is 4.90 Å². The van der Waals surface area contributed by atoms with E-state index in [9.17, 15) is 24.6 Å². The Morgan fingerprint density at radius 1 is 1.18 bits per heavy atom. The van der Waals surface area contributed by atoms with Crippen molar-refractivity contribution in [2.45, 2.75) is 62.1 Å². The number of nitrogens with zero attached hydrogens (tertiary/aromatic N) is 3. The van der Waals surface area contributed by atoms with Crippen molar-refractivity contribution in [3.8, 4) is 0 Å². The summed E-state index contributed by atoms with van der Waals surface area (Å²) < 4.78 is 6.37. The first kappa shape index (κ1) is 28.6. The quantitative estimate of drug-likeness (QED) is 0.206. The van der Waals surface area contributed by atoms with Gasteiger partial charge in [-0.05, 0) is 63.8 Å². The smallest absolute Gasteiger partial charge is 0.310 e. The highest BCUT2D eigenvalue weighted by Gasteiger charge is 2.76. The van der Waals surface area contributed by atoms with Crippen molar-refractivity contribution in [3.63, 3.8) is 0 Å². The van der Waals surface area contributed by atoms with Crippen LogP contribution in [-0.2, 0) is 19.1 Å². The van der Waals surface area contributed by atoms with Crippen LogP contribution in [0.15, 0.2) is 36.9 Å². The molecule has 2 bridgehead atoms. The number of anilines is 2. The minimum absolute atomic E-state index is 0.0522. The van der Waals surface area contributed by atoms with E-state index in [1.165, 1.54) is 0 Å². The number of aliphatic hydroxyl groups is 1. The Balaban J connectivity index is 1.72. The molecule has 3 aliphatic rings. The number of aliphatic hydroxyl groups excluding tert-OH is 1. The Morgan fingerprint density at radius 3 is 2.42 bits per heavy atom. The summed E-state index contributed by atoms with van der Waals surface area (Å²) in [6.45, 7) is 10.3. The van der Waals surface area contributed by atoms with Crippen molar-refractivity contribution < 1.29 is 29.3 Å². The van der Waals surface area contributed by atoms with Gasteiger partial charge in [-0.15, -0.1) is 6.58 Å². The van der Waals surface area contributed by atoms with Gasteiger partial charge in [-0.3, -0.25) is 14.4 Å². The molecule has 3 aliphatic heterocycles. The fourth-order valence-corrected chi connectivity index (χ4v) is 7.48. The highest BCUT2D eigenvalue weighted by molar-refractivity contribution is 9.09. The van der Waals surface area contributed by atoms with E-state index in [0.717, 1.165) is 18.8 Å². The van der Waals surface area contributed by atoms with Crippen molar-refractivity contribution in [3.05, 3.63) is 36.9 Å². The molecule has 3 unspecified atom stereocenters. The summed E-state index contributed by atoms with van der Waals surface area (Å²) in [6, 6.07) is 6.79. The summed E-state index contributed by atoms with van der Waals surface area (Å²) in [5.41, 5.74) is 0.512. The predicted octanol–water partition coefficient (Wildman–Crippen LogP) is 3.05. The number of amides is 2. The van der Waals surface area contributed by atoms with Gasteiger partial charge in [-0.25, -0.2) is 0 Å². The monoisotopic (exact) mass is 591 g/mol. The highest BCUT2D eigenvalue weighted by Crippen LogP contribution is 2.60. The molecule has 38 heavy (non-hydrogen) atoms. The maximum Gasteiger partial charge on any atom is 0.310 e. The molecule has 1 aromatic carbocycles. The molecule has 2 N–H and O–H groups in total. The van der Waals surface area contributed by atoms with E-state index in [4.69, 9.17) is 4.74 Å². The maximum atomic E-state index is 14.4. The van der Waals surface area contributed by atoms with Gasteiger partial charge in [-0.1, -0.05) is 22.0 Å². The lowest BCUT2D eigenvalue weighted by Crippen LogP contribution is -2.57. The van der Waals surface area contributed by atoms with Gasteiger partial charge in [0, 0.05) is 49.0 Å². The molecular weight excluding hydrogens is 554 g/mol. The highest BCUT2D eigenvalue weighted by atomic mass is 79.9. The van der Waals surface area contributed by atoms with Crippen molar-refractivity contribution in [2.75, 3.05) is 42.6 Å². The van der Waals surface area contributed by atoms with Gasteiger partial charge in [0.15, 0.2) is 0 Å². The normalized spacial score (nSPS) is 29.4. The molecule has 1 aromatic rings. The second-order valence-electron chi connectivity index (χ2n) is 10.2. The predicted molar refractivity (Wildman–Crippen MR) is 149 cm³/mol. The van der Waals surface area contributed by atoms with Gasteiger partial charge in [-0.2, -0.15) is 0 Å². The summed E-state index contributed by atoms with van der Waals surface area (Å²) in [6.07, 6.45) is 3.23. The van der Waals surface area contributed by atoms with Gasteiger partial charge in [0.05, 0.1) is 17.9 Å². The minimum atomic E-state index is -1.21. The molecule has 0 saturated carbocycles. The molecule has 1 spiro atoms. The number of carboxylic acids is 1. The maximum absolute atomic E-state index is 14.4. The molecule has 3 heterocycles. The SMILES string of the molecule is C=CCN(C(=O)C1N(CCCCCO)C(=O)[C@@H]2[C@@H](C(=O)O)[C@@H]3OC12CC3Br)c1ccc(N(CC)CC)cc1. The van der Waals surface area contributed by atoms with Gasteiger partial charge < -0.3 is 29.6 Å². The summed E-state index contributed by atoms with van der Waals surface area (Å²) in [7, 11) is 0. The Labute approximate surface area is 232 Å². The third-order valence-corrected chi connectivity index (χ3v) is 9.08. The van der Waals surface area contributed by atoms with Crippen molar-refractivity contribution >= 4 is 45.1 Å². The van der Waals surface area contributed by atoms with Crippen LogP contribution < -0.4 is 9.80 Å². The molecule has 4 rings (SSSR count). The first-order valence-corrected chi connectivity index (χ1v) is 14.4. The summed E-state index contributed by atoms with van der Waals surface area (Å²) >= 11 is 3.58. The standard InChI is InChI=1S/C28H38BrN3O6/c1-4-14-31(19-12-10-18(11-13-19)30(5-2)6-3)26(35)24-28-17-20(29)23(38-28)21(27(36)37)22(28)25(34)32(24)15-8-7-9-16-33/h4,10-13,20-24,33H,1,5-9,14-17H2,2-3H3,(H,36,37)/t20?,21-,22+,23-,24?,28?/m1/s1. The number of benzene rings is 1. The van der Waals surface area contributed by atoms with E-state index in [1.54, 1.807) is 15.9 Å². The van der Waals surface area contributed by atoms with Crippen LogP contribution in [0.3, 0.4) is 0 Å². The van der Waals surface area contributed by atoms with Crippen LogP contribution in [0.25, 0.3) is 0 Å². The number of ether oxygens (including phenoxy) is 1. The largest absolute Gasteiger partial charge is 0.481 e. The van der Waals surface area contributed by atoms with Gasteiger partial charge in [0.2, 0.25) is 5.91 Å². The summed E-state index contributed by atoms with van der Waals surface area (Å²) in [5.74, 6) is -3.65. The molecule has 3 saturated heterocycles. The Hall–Kier alpha value is -2.43. The lowest BCUT2D eigenvalue weighted by Gasteiger charge is -2.37. The van der Waals surface area contributed by atoms with Crippen LogP contribution in [-0.4, -0.2) is 88.3 Å². The fraction of sp³-hybridized carbons (Fsp3) is 0.607. The fourth-order valence-electron chi connectivity index (χ4n) is 6.53. The zero-order valence-electron chi connectivity index (χ0n) is 22.1. The van der Waals surface area contributed by atoms with E-state index < -0.39 is 35.6 Å². The number of carbonyl (C=O) groups excluding carboxylic acids is 2. The molecule has 9 nitrogen and oxygen atoms in total. The third-order valence-electron chi connectivity index (χ3n) is 8.23. The Kier molecular flexibility index (Phi) is 8.84. The number of fused-ring (bicyclic) bond motifs is 1. The van der Waals surface area contributed by atoms with Crippen LogP contribution in [0.4, 0.5) is 11.4 Å². The van der Waals surface area contributed by atoms with Crippen LogP contribution in [0, 0.1) is 11.8 Å². The summed E-state index contributed by atoms with van der Waals surface area (Å²) in [4.78, 5) is 45.6. The Bertz CT molecular complexity index is 1050. The number of halogens is 1. The van der Waals surface area contributed by atoms with E-state index in [-0.39, 0.29) is 29.8 Å². The summed E-state index contributed by atoms with van der Waals surface area (Å²) in [5, 5.41) is 19.2. The number of hydrogen-bond acceptors (Lipinski definition) is 6. The number of carbonyl (C=O) groups is 3. The Morgan fingerprint density at radius 2 is 1.84 bits per heavy atom. The van der Waals surface area contributed by atoms with Crippen LogP contribution >= 0.6 is 15.9 Å². The van der Waals surface area contributed by atoms with E-state index >= 15 is 0 Å². The van der Waals surface area contributed by atoms with E-state index in [1.807, 2.05) is 24.3 Å². The molecular formula is C28H38BrN3O6. The zero-order chi connectivity index (χ0) is 27.6. The molecule has 10 heteroatoms. The number of unbranched alkanes of at least 4 members (excludes halogenated alkanes) is 2. The molecule has 0 radical (unpaired) electrons. The van der Waals surface area contributed by atoms with Gasteiger partial charge >= 0.3 is 5.97 Å². The van der Waals surface area contributed by atoms with Gasteiger partial charge in [0.25, 0.3) is 5.91 Å². The number of alkyl halides is 1. The minimum Gasteiger partial charge on any atom is -0.481 e. The zero-order valence-corrected chi connectivity index (χ0v) is 23.7. The van der Waals surface area contributed by atoms with Crippen LogP contribution in [0.1, 0.15) is 39.5 Å². The van der Waals surface area contributed by atoms with Crippen LogP contribution in [0.5, 0.6) is 0 Å². The molecule has 3 fully saturated rings. The number of hydrogen-bond donors (Lipinski definition) is 2. The topological polar surface area (TPSA) is 111 Å². The average Bonchev–Trinajstić information content (AvgIpc) is 3.49. The molecule has 6 atom stereocenters. The van der Waals surface area contributed by atoms with E-state index in [2.05, 4.69) is 41.3 Å². The number of aliphatic carboxylic acids is 1. The first-order chi connectivity index (χ1) is 18.2. The van der Waals surface area contributed by atoms with Gasteiger partial charge in [0.1, 0.15) is 11.6 Å². The third kappa shape index (κ3) is 4.75. The lowest BCUT2D eigenvalue weighted by molar-refractivity contribution is -0.149. The lowest BCUT2D eigenvalue weighted by atomic mass is 9.70. The number of likely N-dealkylation sites (tertiary alicyclic amines) is 1. The van der Waals surface area contributed by atoms with Crippen molar-refractivity contribution in [2.24, 2.45) is 11.8 Å². The van der Waals surface area contributed by atoms with Crippen molar-refractivity contribution in [1.29, 1.82) is 0 Å². The number of rotatable bonds is 13. The molecule has 208 valence electrons. The molecule has 0 aromatic heterocycles. The average molecular weight is 593 g/mol. The first-order valence-electron chi connectivity index (χ1n) is 13.5. The molecule has 2 amide bonds.